The van der Waals surface area contributed by atoms with E-state index in [9.17, 15) is 9.59 Å². The molecule has 92 valence electrons. The van der Waals surface area contributed by atoms with E-state index in [1.165, 1.54) is 4.90 Å². The van der Waals surface area contributed by atoms with Crippen LogP contribution in [0, 0.1) is 0 Å². The molecular formula is C11H20N2O2S. The number of imide groups is 1. The van der Waals surface area contributed by atoms with Gasteiger partial charge < -0.3 is 5.73 Å². The molecule has 5 heteroatoms. The Hall–Kier alpha value is -0.550. The van der Waals surface area contributed by atoms with Gasteiger partial charge in [0.2, 0.25) is 11.8 Å². The molecule has 0 aromatic rings. The number of nitrogens with two attached hydrogens (primary N) is 1. The van der Waals surface area contributed by atoms with Gasteiger partial charge in [0.25, 0.3) is 0 Å². The molecule has 0 saturated carbocycles. The molecule has 0 aromatic carbocycles. The monoisotopic (exact) mass is 244 g/mol. The zero-order valence-corrected chi connectivity index (χ0v) is 10.9. The first-order chi connectivity index (χ1) is 7.47. The van der Waals surface area contributed by atoms with Crippen molar-refractivity contribution in [2.24, 2.45) is 5.73 Å². The molecule has 0 bridgehead atoms. The summed E-state index contributed by atoms with van der Waals surface area (Å²) in [5.74, 6) is -0.0775. The number of likely N-dealkylation sites (tertiary alicyclic amines) is 1. The summed E-state index contributed by atoms with van der Waals surface area (Å²) in [6.45, 7) is 6.41. The summed E-state index contributed by atoms with van der Waals surface area (Å²) in [5, 5.41) is 0.135. The average Bonchev–Trinajstić information content (AvgIpc) is 2.42. The van der Waals surface area contributed by atoms with Crippen LogP contribution in [-0.4, -0.2) is 39.8 Å². The number of rotatable bonds is 5. The summed E-state index contributed by atoms with van der Waals surface area (Å²) in [6.07, 6.45) is 1.22. The van der Waals surface area contributed by atoms with Gasteiger partial charge in [0.15, 0.2) is 0 Å². The smallest absolute Gasteiger partial charge is 0.243 e. The summed E-state index contributed by atoms with van der Waals surface area (Å²) in [7, 11) is 0. The molecule has 1 rings (SSSR count). The zero-order chi connectivity index (χ0) is 12.3. The van der Waals surface area contributed by atoms with E-state index in [0.29, 0.717) is 18.2 Å². The molecular weight excluding hydrogens is 224 g/mol. The summed E-state index contributed by atoms with van der Waals surface area (Å²) in [6, 6.07) is -0.0320. The maximum absolute atomic E-state index is 12.0. The van der Waals surface area contributed by atoms with Crippen molar-refractivity contribution >= 4 is 23.6 Å². The number of nitrogens with zero attached hydrogens (tertiary/aromatic N) is 1. The minimum absolute atomic E-state index is 0.0320. The number of hydrogen-bond acceptors (Lipinski definition) is 4. The van der Waals surface area contributed by atoms with Gasteiger partial charge in [-0.05, 0) is 26.8 Å². The third-order valence-electron chi connectivity index (χ3n) is 2.63. The van der Waals surface area contributed by atoms with E-state index >= 15 is 0 Å². The molecule has 2 amide bonds. The fourth-order valence-corrected chi connectivity index (χ4v) is 3.16. The predicted octanol–water partition coefficient (Wildman–Crippen LogP) is 0.993. The fourth-order valence-electron chi connectivity index (χ4n) is 1.85. The van der Waals surface area contributed by atoms with Crippen LogP contribution in [0.4, 0.5) is 0 Å². The number of amides is 2. The normalized spacial score (nSPS) is 23.3. The predicted molar refractivity (Wildman–Crippen MR) is 66.1 cm³/mol. The van der Waals surface area contributed by atoms with Crippen molar-refractivity contribution < 1.29 is 9.59 Å². The highest BCUT2D eigenvalue weighted by molar-refractivity contribution is 8.01. The topological polar surface area (TPSA) is 63.4 Å². The molecule has 2 atom stereocenters. The third kappa shape index (κ3) is 2.98. The molecule has 1 aliphatic rings. The third-order valence-corrected chi connectivity index (χ3v) is 4.02. The standard InChI is InChI=1S/C11H20N2O2S/c1-7(2)13-10(14)6-9(11(13)15)16-8(3)4-5-12/h7-9H,4-6,12H2,1-3H3. The second kappa shape index (κ2) is 5.68. The van der Waals surface area contributed by atoms with Crippen LogP contribution in [0.25, 0.3) is 0 Å². The quantitative estimate of drug-likeness (QED) is 0.733. The lowest BCUT2D eigenvalue weighted by Gasteiger charge is -2.19. The maximum Gasteiger partial charge on any atom is 0.243 e. The SMILES string of the molecule is CC(CCN)SC1CC(=O)N(C(C)C)C1=O. The Morgan fingerprint density at radius 1 is 1.44 bits per heavy atom. The number of hydrogen-bond donors (Lipinski definition) is 1. The Bertz CT molecular complexity index is 281. The lowest BCUT2D eigenvalue weighted by atomic mass is 10.3. The van der Waals surface area contributed by atoms with Gasteiger partial charge >= 0.3 is 0 Å². The highest BCUT2D eigenvalue weighted by Crippen LogP contribution is 2.30. The first-order valence-corrected chi connectivity index (χ1v) is 6.63. The van der Waals surface area contributed by atoms with Gasteiger partial charge in [-0.25, -0.2) is 0 Å². The van der Waals surface area contributed by atoms with E-state index in [-0.39, 0.29) is 23.1 Å². The molecule has 1 heterocycles. The van der Waals surface area contributed by atoms with Gasteiger partial charge in [-0.3, -0.25) is 14.5 Å². The Morgan fingerprint density at radius 2 is 2.06 bits per heavy atom. The molecule has 0 aromatic heterocycles. The van der Waals surface area contributed by atoms with Crippen LogP contribution in [-0.2, 0) is 9.59 Å². The molecule has 4 nitrogen and oxygen atoms in total. The minimum atomic E-state index is -0.198. The highest BCUT2D eigenvalue weighted by atomic mass is 32.2. The molecule has 1 aliphatic heterocycles. The molecule has 0 radical (unpaired) electrons. The van der Waals surface area contributed by atoms with E-state index in [4.69, 9.17) is 5.73 Å². The van der Waals surface area contributed by atoms with E-state index in [1.54, 1.807) is 11.8 Å². The first kappa shape index (κ1) is 13.5. The van der Waals surface area contributed by atoms with Gasteiger partial charge in [0, 0.05) is 17.7 Å². The van der Waals surface area contributed by atoms with Crippen molar-refractivity contribution in [1.82, 2.24) is 4.90 Å². The lowest BCUT2D eigenvalue weighted by Crippen LogP contribution is -2.37. The zero-order valence-electron chi connectivity index (χ0n) is 10.1. The molecule has 2 unspecified atom stereocenters. The maximum atomic E-state index is 12.0. The van der Waals surface area contributed by atoms with Crippen LogP contribution in [0.15, 0.2) is 0 Å². The molecule has 2 N–H and O–H groups in total. The minimum Gasteiger partial charge on any atom is -0.330 e. The lowest BCUT2D eigenvalue weighted by molar-refractivity contribution is -0.140. The molecule has 1 fully saturated rings. The number of thioether (sulfide) groups is 1. The van der Waals surface area contributed by atoms with Crippen LogP contribution in [0.5, 0.6) is 0 Å². The summed E-state index contributed by atoms with van der Waals surface area (Å²) in [4.78, 5) is 25.0. The largest absolute Gasteiger partial charge is 0.330 e. The van der Waals surface area contributed by atoms with Crippen molar-refractivity contribution in [2.75, 3.05) is 6.54 Å². The number of carbonyl (C=O) groups is 2. The summed E-state index contributed by atoms with van der Waals surface area (Å²) < 4.78 is 0. The van der Waals surface area contributed by atoms with E-state index in [0.717, 1.165) is 6.42 Å². The van der Waals surface area contributed by atoms with Gasteiger partial charge in [-0.15, -0.1) is 11.8 Å². The Balaban J connectivity index is 2.59. The number of carbonyl (C=O) groups excluding carboxylic acids is 2. The van der Waals surface area contributed by atoms with Crippen molar-refractivity contribution in [1.29, 1.82) is 0 Å². The van der Waals surface area contributed by atoms with Crippen molar-refractivity contribution in [3.05, 3.63) is 0 Å². The summed E-state index contributed by atoms with van der Waals surface area (Å²) in [5.41, 5.74) is 5.47. The second-order valence-electron chi connectivity index (χ2n) is 4.41. The van der Waals surface area contributed by atoms with Crippen LogP contribution in [0.1, 0.15) is 33.6 Å². The van der Waals surface area contributed by atoms with Crippen molar-refractivity contribution in [3.8, 4) is 0 Å². The average molecular weight is 244 g/mol. The Morgan fingerprint density at radius 3 is 2.50 bits per heavy atom. The van der Waals surface area contributed by atoms with E-state index in [1.807, 2.05) is 20.8 Å². The first-order valence-electron chi connectivity index (χ1n) is 5.68. The molecule has 0 aliphatic carbocycles. The van der Waals surface area contributed by atoms with Gasteiger partial charge in [0.05, 0.1) is 5.25 Å². The molecule has 0 spiro atoms. The second-order valence-corrected chi connectivity index (χ2v) is 6.06. The van der Waals surface area contributed by atoms with Crippen molar-refractivity contribution in [3.63, 3.8) is 0 Å². The highest BCUT2D eigenvalue weighted by Gasteiger charge is 2.40. The molecule has 1 saturated heterocycles. The van der Waals surface area contributed by atoms with Gasteiger partial charge in [-0.2, -0.15) is 0 Å². The van der Waals surface area contributed by atoms with Crippen LogP contribution < -0.4 is 5.73 Å². The van der Waals surface area contributed by atoms with E-state index in [2.05, 4.69) is 0 Å². The van der Waals surface area contributed by atoms with Gasteiger partial charge in [0.1, 0.15) is 0 Å². The van der Waals surface area contributed by atoms with Crippen LogP contribution >= 0.6 is 11.8 Å². The van der Waals surface area contributed by atoms with Crippen LogP contribution in [0.3, 0.4) is 0 Å². The summed E-state index contributed by atoms with van der Waals surface area (Å²) >= 11 is 1.57. The fraction of sp³-hybridized carbons (Fsp3) is 0.818. The van der Waals surface area contributed by atoms with E-state index < -0.39 is 0 Å². The molecule has 16 heavy (non-hydrogen) atoms. The Labute approximate surface area is 101 Å². The van der Waals surface area contributed by atoms with Crippen molar-refractivity contribution in [2.45, 2.75) is 50.2 Å². The Kier molecular flexibility index (Phi) is 4.80. The van der Waals surface area contributed by atoms with Gasteiger partial charge in [-0.1, -0.05) is 6.92 Å². The van der Waals surface area contributed by atoms with Crippen LogP contribution in [0.2, 0.25) is 0 Å².